The van der Waals surface area contributed by atoms with Crippen LogP contribution in [0.5, 0.6) is 0 Å². The van der Waals surface area contributed by atoms with Gasteiger partial charge in [0.2, 0.25) is 0 Å². The van der Waals surface area contributed by atoms with E-state index in [0.717, 1.165) is 11.4 Å². The molecule has 1 aromatic carbocycles. The Hall–Kier alpha value is -1.51. The maximum atomic E-state index is 11.0. The molecule has 2 N–H and O–H groups in total. The molecule has 0 aromatic heterocycles. The van der Waals surface area contributed by atoms with E-state index in [1.165, 1.54) is 0 Å². The second-order valence-electron chi connectivity index (χ2n) is 2.88. The van der Waals surface area contributed by atoms with Gasteiger partial charge >= 0.3 is 0 Å². The first-order chi connectivity index (χ1) is 5.77. The van der Waals surface area contributed by atoms with Crippen LogP contribution < -0.4 is 10.6 Å². The first kappa shape index (κ1) is 7.16. The number of fused-ring (bicyclic) bond motifs is 1. The smallest absolute Gasteiger partial charge is 0.172 e. The Morgan fingerprint density at radius 3 is 2.17 bits per heavy atom. The van der Waals surface area contributed by atoms with Gasteiger partial charge in [-0.2, -0.15) is 0 Å². The van der Waals surface area contributed by atoms with Gasteiger partial charge in [-0.15, -0.1) is 0 Å². The van der Waals surface area contributed by atoms with Crippen LogP contribution in [0, 0.1) is 0 Å². The summed E-state index contributed by atoms with van der Waals surface area (Å²) in [6.45, 7) is 1.57. The maximum Gasteiger partial charge on any atom is 0.172 e. The van der Waals surface area contributed by atoms with Gasteiger partial charge in [-0.05, 0) is 19.1 Å². The number of hydrogen-bond acceptors (Lipinski definition) is 3. The van der Waals surface area contributed by atoms with Crippen molar-refractivity contribution in [3.63, 3.8) is 0 Å². The maximum absolute atomic E-state index is 11.0. The van der Waals surface area contributed by atoms with Crippen molar-refractivity contribution in [2.75, 3.05) is 10.6 Å². The SMILES string of the molecule is CC(=O)C1Nc2ccccc2N1. The Bertz CT molecular complexity index is 297. The number of anilines is 2. The van der Waals surface area contributed by atoms with Gasteiger partial charge in [0.25, 0.3) is 0 Å². The van der Waals surface area contributed by atoms with Crippen molar-refractivity contribution in [2.45, 2.75) is 13.1 Å². The van der Waals surface area contributed by atoms with Crippen molar-refractivity contribution in [1.29, 1.82) is 0 Å². The number of ketones is 1. The summed E-state index contributed by atoms with van der Waals surface area (Å²) < 4.78 is 0. The highest BCUT2D eigenvalue weighted by Crippen LogP contribution is 2.27. The summed E-state index contributed by atoms with van der Waals surface area (Å²) in [5.41, 5.74) is 2.00. The first-order valence-electron chi connectivity index (χ1n) is 3.90. The minimum atomic E-state index is -0.248. The summed E-state index contributed by atoms with van der Waals surface area (Å²) >= 11 is 0. The van der Waals surface area contributed by atoms with Gasteiger partial charge in [-0.1, -0.05) is 12.1 Å². The van der Waals surface area contributed by atoms with Gasteiger partial charge < -0.3 is 10.6 Å². The zero-order chi connectivity index (χ0) is 8.55. The number of para-hydroxylation sites is 2. The monoisotopic (exact) mass is 162 g/mol. The molecule has 1 heterocycles. The second kappa shape index (κ2) is 2.52. The molecule has 0 spiro atoms. The summed E-state index contributed by atoms with van der Waals surface area (Å²) in [6.07, 6.45) is -0.248. The van der Waals surface area contributed by atoms with Crippen molar-refractivity contribution >= 4 is 17.2 Å². The molecule has 0 amide bonds. The third kappa shape index (κ3) is 1.03. The van der Waals surface area contributed by atoms with Gasteiger partial charge in [0.15, 0.2) is 11.9 Å². The molecule has 1 aliphatic heterocycles. The van der Waals surface area contributed by atoms with Crippen molar-refractivity contribution in [3.8, 4) is 0 Å². The van der Waals surface area contributed by atoms with E-state index >= 15 is 0 Å². The lowest BCUT2D eigenvalue weighted by Gasteiger charge is -2.06. The van der Waals surface area contributed by atoms with Crippen molar-refractivity contribution in [1.82, 2.24) is 0 Å². The fraction of sp³-hybridized carbons (Fsp3) is 0.222. The van der Waals surface area contributed by atoms with Gasteiger partial charge in [0.05, 0.1) is 11.4 Å². The quantitative estimate of drug-likeness (QED) is 0.656. The summed E-state index contributed by atoms with van der Waals surface area (Å²) in [5.74, 6) is 0.103. The van der Waals surface area contributed by atoms with Crippen LogP contribution in [0.3, 0.4) is 0 Å². The normalized spacial score (nSPS) is 14.8. The lowest BCUT2D eigenvalue weighted by atomic mass is 10.3. The van der Waals surface area contributed by atoms with Crippen LogP contribution in [0.4, 0.5) is 11.4 Å². The predicted octanol–water partition coefficient (Wildman–Crippen LogP) is 1.44. The molecule has 1 aliphatic rings. The molecular formula is C9H10N2O. The van der Waals surface area contributed by atoms with E-state index in [0.29, 0.717) is 0 Å². The minimum Gasteiger partial charge on any atom is -0.358 e. The fourth-order valence-electron chi connectivity index (χ4n) is 1.29. The topological polar surface area (TPSA) is 41.1 Å². The van der Waals surface area contributed by atoms with E-state index in [2.05, 4.69) is 10.6 Å². The summed E-state index contributed by atoms with van der Waals surface area (Å²) in [6, 6.07) is 7.78. The van der Waals surface area contributed by atoms with Crippen LogP contribution in [-0.2, 0) is 4.79 Å². The van der Waals surface area contributed by atoms with Gasteiger partial charge in [-0.3, -0.25) is 4.79 Å². The van der Waals surface area contributed by atoms with Crippen LogP contribution in [0.1, 0.15) is 6.92 Å². The van der Waals surface area contributed by atoms with Crippen LogP contribution >= 0.6 is 0 Å². The summed E-state index contributed by atoms with van der Waals surface area (Å²) in [7, 11) is 0. The standard InChI is InChI=1S/C9H10N2O/c1-6(12)9-10-7-4-2-3-5-8(7)11-9/h2-5,9-11H,1H3. The Morgan fingerprint density at radius 1 is 1.25 bits per heavy atom. The Kier molecular flexibility index (Phi) is 1.50. The third-order valence-electron chi connectivity index (χ3n) is 1.93. The molecule has 0 unspecified atom stereocenters. The molecule has 0 radical (unpaired) electrons. The average molecular weight is 162 g/mol. The minimum absolute atomic E-state index is 0.103. The van der Waals surface area contributed by atoms with E-state index in [1.54, 1.807) is 6.92 Å². The van der Waals surface area contributed by atoms with Crippen LogP contribution in [0.25, 0.3) is 0 Å². The van der Waals surface area contributed by atoms with E-state index in [-0.39, 0.29) is 11.9 Å². The molecule has 2 rings (SSSR count). The molecule has 1 aromatic rings. The Labute approximate surface area is 70.8 Å². The first-order valence-corrected chi connectivity index (χ1v) is 3.90. The number of rotatable bonds is 1. The molecule has 0 aliphatic carbocycles. The van der Waals surface area contributed by atoms with Crippen molar-refractivity contribution in [2.24, 2.45) is 0 Å². The Morgan fingerprint density at radius 2 is 1.75 bits per heavy atom. The highest BCUT2D eigenvalue weighted by Gasteiger charge is 2.21. The zero-order valence-electron chi connectivity index (χ0n) is 6.79. The van der Waals surface area contributed by atoms with Crippen molar-refractivity contribution < 1.29 is 4.79 Å². The summed E-state index contributed by atoms with van der Waals surface area (Å²) in [5, 5.41) is 6.15. The fourth-order valence-corrected chi connectivity index (χ4v) is 1.29. The molecular weight excluding hydrogens is 152 g/mol. The molecule has 0 bridgehead atoms. The number of carbonyl (C=O) groups is 1. The largest absolute Gasteiger partial charge is 0.358 e. The lowest BCUT2D eigenvalue weighted by Crippen LogP contribution is -2.29. The number of hydrogen-bond donors (Lipinski definition) is 2. The highest BCUT2D eigenvalue weighted by molar-refractivity contribution is 5.92. The molecule has 0 saturated heterocycles. The van der Waals surface area contributed by atoms with Crippen LogP contribution in [0.2, 0.25) is 0 Å². The van der Waals surface area contributed by atoms with Gasteiger partial charge in [-0.25, -0.2) is 0 Å². The van der Waals surface area contributed by atoms with E-state index in [9.17, 15) is 4.79 Å². The molecule has 0 atom stereocenters. The van der Waals surface area contributed by atoms with Crippen molar-refractivity contribution in [3.05, 3.63) is 24.3 Å². The molecule has 62 valence electrons. The molecule has 3 nitrogen and oxygen atoms in total. The third-order valence-corrected chi connectivity index (χ3v) is 1.93. The number of carbonyl (C=O) groups excluding carboxylic acids is 1. The zero-order valence-corrected chi connectivity index (χ0v) is 6.79. The van der Waals surface area contributed by atoms with E-state index in [1.807, 2.05) is 24.3 Å². The highest BCUT2D eigenvalue weighted by atomic mass is 16.1. The molecule has 0 fully saturated rings. The van der Waals surface area contributed by atoms with E-state index in [4.69, 9.17) is 0 Å². The van der Waals surface area contributed by atoms with Crippen LogP contribution in [-0.4, -0.2) is 11.9 Å². The summed E-state index contributed by atoms with van der Waals surface area (Å²) in [4.78, 5) is 11.0. The van der Waals surface area contributed by atoms with Gasteiger partial charge in [0.1, 0.15) is 0 Å². The number of Topliss-reactive ketones (excluding diaryl/α,β-unsaturated/α-hetero) is 1. The lowest BCUT2D eigenvalue weighted by molar-refractivity contribution is -0.117. The number of benzene rings is 1. The Balaban J connectivity index is 2.27. The predicted molar refractivity (Wildman–Crippen MR) is 48.2 cm³/mol. The molecule has 3 heteroatoms. The average Bonchev–Trinajstić information content (AvgIpc) is 2.46. The molecule has 0 saturated carbocycles. The second-order valence-corrected chi connectivity index (χ2v) is 2.88. The van der Waals surface area contributed by atoms with Crippen LogP contribution in [0.15, 0.2) is 24.3 Å². The van der Waals surface area contributed by atoms with Gasteiger partial charge in [0, 0.05) is 0 Å². The number of nitrogens with one attached hydrogen (secondary N) is 2. The molecule has 12 heavy (non-hydrogen) atoms. The van der Waals surface area contributed by atoms with E-state index < -0.39 is 0 Å².